The SMILES string of the molecule is CC1(C)CCCC(CN)(N2CCCCCC2)CC1. The van der Waals surface area contributed by atoms with E-state index < -0.39 is 0 Å². The second kappa shape index (κ2) is 5.92. The Kier molecular flexibility index (Phi) is 4.71. The Morgan fingerprint density at radius 2 is 1.50 bits per heavy atom. The molecular weight excluding hydrogens is 220 g/mol. The van der Waals surface area contributed by atoms with Crippen LogP contribution in [0.1, 0.15) is 71.6 Å². The molecule has 2 aliphatic rings. The molecule has 2 nitrogen and oxygen atoms in total. The molecule has 2 heteroatoms. The zero-order valence-corrected chi connectivity index (χ0v) is 12.5. The van der Waals surface area contributed by atoms with Gasteiger partial charge >= 0.3 is 0 Å². The monoisotopic (exact) mass is 252 g/mol. The van der Waals surface area contributed by atoms with Crippen LogP contribution >= 0.6 is 0 Å². The standard InChI is InChI=1S/C16H32N2/c1-15(2)8-7-9-16(14-17,11-10-15)18-12-5-3-4-6-13-18/h3-14,17H2,1-2H3. The molecule has 1 saturated carbocycles. The topological polar surface area (TPSA) is 29.3 Å². The van der Waals surface area contributed by atoms with Crippen molar-refractivity contribution in [1.29, 1.82) is 0 Å². The predicted molar refractivity (Wildman–Crippen MR) is 78.7 cm³/mol. The lowest BCUT2D eigenvalue weighted by Crippen LogP contribution is -2.54. The minimum absolute atomic E-state index is 0.331. The van der Waals surface area contributed by atoms with E-state index in [1.54, 1.807) is 0 Å². The van der Waals surface area contributed by atoms with E-state index in [1.807, 2.05) is 0 Å². The highest BCUT2D eigenvalue weighted by atomic mass is 15.2. The fourth-order valence-electron chi connectivity index (χ4n) is 3.91. The van der Waals surface area contributed by atoms with Crippen molar-refractivity contribution in [2.24, 2.45) is 11.1 Å². The van der Waals surface area contributed by atoms with Crippen LogP contribution in [0.4, 0.5) is 0 Å². The van der Waals surface area contributed by atoms with Gasteiger partial charge in [0.05, 0.1) is 0 Å². The van der Waals surface area contributed by atoms with Crippen LogP contribution in [0.15, 0.2) is 0 Å². The summed E-state index contributed by atoms with van der Waals surface area (Å²) < 4.78 is 0. The van der Waals surface area contributed by atoms with Gasteiger partial charge in [-0.15, -0.1) is 0 Å². The van der Waals surface area contributed by atoms with Crippen molar-refractivity contribution in [3.05, 3.63) is 0 Å². The minimum Gasteiger partial charge on any atom is -0.329 e. The summed E-state index contributed by atoms with van der Waals surface area (Å²) >= 11 is 0. The molecule has 0 spiro atoms. The van der Waals surface area contributed by atoms with Crippen LogP contribution in [0.2, 0.25) is 0 Å². The smallest absolute Gasteiger partial charge is 0.0331 e. The van der Waals surface area contributed by atoms with Gasteiger partial charge in [-0.1, -0.05) is 33.1 Å². The number of nitrogens with two attached hydrogens (primary N) is 1. The molecule has 106 valence electrons. The van der Waals surface area contributed by atoms with Crippen LogP contribution in [0.25, 0.3) is 0 Å². The Bertz CT molecular complexity index is 254. The van der Waals surface area contributed by atoms with E-state index in [1.165, 1.54) is 70.9 Å². The van der Waals surface area contributed by atoms with Crippen molar-refractivity contribution in [2.45, 2.75) is 77.2 Å². The lowest BCUT2D eigenvalue weighted by atomic mass is 9.83. The van der Waals surface area contributed by atoms with E-state index in [2.05, 4.69) is 18.7 Å². The van der Waals surface area contributed by atoms with Gasteiger partial charge in [0.1, 0.15) is 0 Å². The first-order valence-corrected chi connectivity index (χ1v) is 8.03. The number of hydrogen-bond acceptors (Lipinski definition) is 2. The van der Waals surface area contributed by atoms with Crippen LogP contribution < -0.4 is 5.73 Å². The number of likely N-dealkylation sites (tertiary alicyclic amines) is 1. The van der Waals surface area contributed by atoms with Gasteiger partial charge < -0.3 is 5.73 Å². The van der Waals surface area contributed by atoms with E-state index in [9.17, 15) is 0 Å². The van der Waals surface area contributed by atoms with Gasteiger partial charge in [0.2, 0.25) is 0 Å². The van der Waals surface area contributed by atoms with Crippen molar-refractivity contribution >= 4 is 0 Å². The molecule has 1 aliphatic carbocycles. The van der Waals surface area contributed by atoms with E-state index in [0.717, 1.165) is 6.54 Å². The van der Waals surface area contributed by atoms with Crippen molar-refractivity contribution in [3.8, 4) is 0 Å². The molecule has 2 rings (SSSR count). The molecule has 0 radical (unpaired) electrons. The first-order chi connectivity index (χ1) is 8.58. The lowest BCUT2D eigenvalue weighted by Gasteiger charge is -2.43. The summed E-state index contributed by atoms with van der Waals surface area (Å²) in [7, 11) is 0. The normalized spacial score (nSPS) is 34.8. The van der Waals surface area contributed by atoms with E-state index in [0.29, 0.717) is 11.0 Å². The summed E-state index contributed by atoms with van der Waals surface area (Å²) in [5, 5.41) is 0. The number of hydrogen-bond donors (Lipinski definition) is 1. The maximum absolute atomic E-state index is 6.24. The molecule has 1 aliphatic heterocycles. The molecule has 0 bridgehead atoms. The van der Waals surface area contributed by atoms with Crippen molar-refractivity contribution in [1.82, 2.24) is 4.90 Å². The highest BCUT2D eigenvalue weighted by molar-refractivity contribution is 4.96. The van der Waals surface area contributed by atoms with Crippen LogP contribution in [0, 0.1) is 5.41 Å². The van der Waals surface area contributed by atoms with E-state index in [-0.39, 0.29) is 0 Å². The van der Waals surface area contributed by atoms with Crippen molar-refractivity contribution in [3.63, 3.8) is 0 Å². The van der Waals surface area contributed by atoms with Gasteiger partial charge in [-0.25, -0.2) is 0 Å². The Balaban J connectivity index is 2.08. The van der Waals surface area contributed by atoms with Gasteiger partial charge in [-0.3, -0.25) is 4.90 Å². The summed E-state index contributed by atoms with van der Waals surface area (Å²) in [4.78, 5) is 2.77. The highest BCUT2D eigenvalue weighted by Gasteiger charge is 2.39. The molecule has 2 N–H and O–H groups in total. The quantitative estimate of drug-likeness (QED) is 0.762. The number of nitrogens with zero attached hydrogens (tertiary/aromatic N) is 1. The average molecular weight is 252 g/mol. The molecule has 1 heterocycles. The first-order valence-electron chi connectivity index (χ1n) is 8.03. The molecule has 0 aromatic carbocycles. The molecule has 1 unspecified atom stereocenters. The van der Waals surface area contributed by atoms with E-state index >= 15 is 0 Å². The second-order valence-corrected chi connectivity index (χ2v) is 7.35. The molecule has 0 aromatic rings. The minimum atomic E-state index is 0.331. The molecule has 0 aromatic heterocycles. The van der Waals surface area contributed by atoms with Gasteiger partial charge in [-0.05, 0) is 57.0 Å². The molecule has 1 atom stereocenters. The first kappa shape index (κ1) is 14.3. The second-order valence-electron chi connectivity index (χ2n) is 7.35. The van der Waals surface area contributed by atoms with Gasteiger partial charge in [0.15, 0.2) is 0 Å². The van der Waals surface area contributed by atoms with Gasteiger partial charge in [0.25, 0.3) is 0 Å². The Labute approximate surface area is 113 Å². The van der Waals surface area contributed by atoms with Crippen LogP contribution in [0.5, 0.6) is 0 Å². The van der Waals surface area contributed by atoms with Crippen molar-refractivity contribution in [2.75, 3.05) is 19.6 Å². The summed E-state index contributed by atoms with van der Waals surface area (Å²) in [5.41, 5.74) is 7.10. The fourth-order valence-corrected chi connectivity index (χ4v) is 3.91. The third-order valence-corrected chi connectivity index (χ3v) is 5.42. The Morgan fingerprint density at radius 1 is 0.833 bits per heavy atom. The summed E-state index contributed by atoms with van der Waals surface area (Å²) in [6.45, 7) is 8.31. The summed E-state index contributed by atoms with van der Waals surface area (Å²) in [6, 6.07) is 0. The lowest BCUT2D eigenvalue weighted by molar-refractivity contribution is 0.0786. The molecular formula is C16H32N2. The van der Waals surface area contributed by atoms with Crippen LogP contribution in [-0.4, -0.2) is 30.1 Å². The third kappa shape index (κ3) is 3.27. The van der Waals surface area contributed by atoms with Gasteiger partial charge in [0, 0.05) is 12.1 Å². The highest BCUT2D eigenvalue weighted by Crippen LogP contribution is 2.40. The van der Waals surface area contributed by atoms with Gasteiger partial charge in [-0.2, -0.15) is 0 Å². The van der Waals surface area contributed by atoms with Crippen molar-refractivity contribution < 1.29 is 0 Å². The largest absolute Gasteiger partial charge is 0.329 e. The Hall–Kier alpha value is -0.0800. The molecule has 0 amide bonds. The molecule has 18 heavy (non-hydrogen) atoms. The molecule has 2 fully saturated rings. The summed E-state index contributed by atoms with van der Waals surface area (Å²) in [5.74, 6) is 0. The number of rotatable bonds is 2. The van der Waals surface area contributed by atoms with Crippen LogP contribution in [-0.2, 0) is 0 Å². The maximum atomic E-state index is 6.24. The zero-order chi connectivity index (χ0) is 13.1. The average Bonchev–Trinajstić information content (AvgIpc) is 2.69. The summed E-state index contributed by atoms with van der Waals surface area (Å²) in [6.07, 6.45) is 12.3. The third-order valence-electron chi connectivity index (χ3n) is 5.42. The maximum Gasteiger partial charge on any atom is 0.0331 e. The fraction of sp³-hybridized carbons (Fsp3) is 1.00. The predicted octanol–water partition coefficient (Wildman–Crippen LogP) is 3.55. The zero-order valence-electron chi connectivity index (χ0n) is 12.5. The Morgan fingerprint density at radius 3 is 2.11 bits per heavy atom. The van der Waals surface area contributed by atoms with Crippen LogP contribution in [0.3, 0.4) is 0 Å². The molecule has 1 saturated heterocycles. The van der Waals surface area contributed by atoms with E-state index in [4.69, 9.17) is 5.73 Å².